The normalized spacial score (nSPS) is 11.0. The van der Waals surface area contributed by atoms with E-state index in [4.69, 9.17) is 4.74 Å². The molecule has 0 atom stereocenters. The molecule has 2 aromatic heterocycles. The van der Waals surface area contributed by atoms with Crippen molar-refractivity contribution in [2.75, 3.05) is 0 Å². The first kappa shape index (κ1) is 15.4. The third-order valence-electron chi connectivity index (χ3n) is 2.99. The van der Waals surface area contributed by atoms with Gasteiger partial charge >= 0.3 is 5.69 Å². The molecule has 0 fully saturated rings. The second-order valence-corrected chi connectivity index (χ2v) is 4.50. The van der Waals surface area contributed by atoms with Gasteiger partial charge in [0.1, 0.15) is 6.29 Å². The molecule has 0 unspecified atom stereocenters. The summed E-state index contributed by atoms with van der Waals surface area (Å²) in [6, 6.07) is 6.19. The molecule has 122 valence electrons. The van der Waals surface area contributed by atoms with Crippen LogP contribution in [-0.2, 0) is 0 Å². The number of ether oxygens (including phenoxy) is 1. The standard InChI is InChI=1S/C13H7F2N5O4/c14-12(15)13-17-16-10-3-4-11(18-19(10)13)24-9-2-1-7(6-21)5-8(9)20(22)23/h1-6,12H. The van der Waals surface area contributed by atoms with Crippen molar-refractivity contribution < 1.29 is 23.2 Å². The van der Waals surface area contributed by atoms with Gasteiger partial charge < -0.3 is 4.74 Å². The van der Waals surface area contributed by atoms with Gasteiger partial charge in [0.15, 0.2) is 5.65 Å². The van der Waals surface area contributed by atoms with Crippen LogP contribution in [0.4, 0.5) is 14.5 Å². The van der Waals surface area contributed by atoms with Crippen LogP contribution in [0.15, 0.2) is 30.3 Å². The molecule has 24 heavy (non-hydrogen) atoms. The van der Waals surface area contributed by atoms with Crippen molar-refractivity contribution in [1.29, 1.82) is 0 Å². The fraction of sp³-hybridized carbons (Fsp3) is 0.0769. The zero-order chi connectivity index (χ0) is 17.3. The van der Waals surface area contributed by atoms with Crippen LogP contribution in [0.3, 0.4) is 0 Å². The summed E-state index contributed by atoms with van der Waals surface area (Å²) in [5.74, 6) is -1.04. The van der Waals surface area contributed by atoms with Gasteiger partial charge in [-0.05, 0) is 18.2 Å². The molecule has 0 amide bonds. The molecule has 0 aliphatic carbocycles. The van der Waals surface area contributed by atoms with Crippen LogP contribution >= 0.6 is 0 Å². The average Bonchev–Trinajstić information content (AvgIpc) is 2.98. The molecule has 2 heterocycles. The molecule has 0 saturated carbocycles. The molecular weight excluding hydrogens is 328 g/mol. The molecule has 0 N–H and O–H groups in total. The summed E-state index contributed by atoms with van der Waals surface area (Å²) >= 11 is 0. The fourth-order valence-electron chi connectivity index (χ4n) is 1.93. The van der Waals surface area contributed by atoms with E-state index in [-0.39, 0.29) is 22.8 Å². The Balaban J connectivity index is 2.02. The maximum atomic E-state index is 12.8. The Bertz CT molecular complexity index is 943. The Morgan fingerprint density at radius 3 is 2.71 bits per heavy atom. The van der Waals surface area contributed by atoms with Crippen molar-refractivity contribution in [2.24, 2.45) is 0 Å². The second kappa shape index (κ2) is 5.95. The van der Waals surface area contributed by atoms with Gasteiger partial charge in [0.05, 0.1) is 4.92 Å². The molecule has 0 aliphatic rings. The van der Waals surface area contributed by atoms with E-state index in [1.54, 1.807) is 0 Å². The van der Waals surface area contributed by atoms with Crippen molar-refractivity contribution in [3.05, 3.63) is 51.8 Å². The average molecular weight is 335 g/mol. The molecule has 0 spiro atoms. The maximum Gasteiger partial charge on any atom is 0.312 e. The van der Waals surface area contributed by atoms with Gasteiger partial charge in [-0.25, -0.2) is 8.78 Å². The van der Waals surface area contributed by atoms with E-state index in [9.17, 15) is 23.7 Å². The number of hydrogen-bond donors (Lipinski definition) is 0. The van der Waals surface area contributed by atoms with Crippen molar-refractivity contribution >= 4 is 17.6 Å². The smallest absolute Gasteiger partial charge is 0.312 e. The fourth-order valence-corrected chi connectivity index (χ4v) is 1.93. The number of aromatic nitrogens is 4. The predicted molar refractivity (Wildman–Crippen MR) is 74.3 cm³/mol. The lowest BCUT2D eigenvalue weighted by molar-refractivity contribution is -0.385. The molecule has 3 aromatic rings. The Morgan fingerprint density at radius 2 is 2.04 bits per heavy atom. The number of fused-ring (bicyclic) bond motifs is 1. The van der Waals surface area contributed by atoms with Gasteiger partial charge in [0.2, 0.25) is 17.5 Å². The number of nitro benzene ring substituents is 1. The van der Waals surface area contributed by atoms with Crippen LogP contribution in [0.1, 0.15) is 22.6 Å². The predicted octanol–water partition coefficient (Wildman–Crippen LogP) is 2.57. The highest BCUT2D eigenvalue weighted by atomic mass is 19.3. The van der Waals surface area contributed by atoms with Crippen LogP contribution in [0.5, 0.6) is 11.6 Å². The van der Waals surface area contributed by atoms with E-state index in [1.165, 1.54) is 24.3 Å². The summed E-state index contributed by atoms with van der Waals surface area (Å²) in [6.45, 7) is 0. The Morgan fingerprint density at radius 1 is 1.25 bits per heavy atom. The zero-order valence-electron chi connectivity index (χ0n) is 11.7. The van der Waals surface area contributed by atoms with Gasteiger partial charge in [-0.1, -0.05) is 0 Å². The number of benzene rings is 1. The maximum absolute atomic E-state index is 12.8. The van der Waals surface area contributed by atoms with Gasteiger partial charge in [-0.3, -0.25) is 14.9 Å². The number of rotatable bonds is 5. The Labute approximate surface area is 131 Å². The zero-order valence-corrected chi connectivity index (χ0v) is 11.7. The van der Waals surface area contributed by atoms with Crippen LogP contribution in [0, 0.1) is 10.1 Å². The minimum atomic E-state index is -2.90. The summed E-state index contributed by atoms with van der Waals surface area (Å²) in [5, 5.41) is 21.7. The summed E-state index contributed by atoms with van der Waals surface area (Å²) in [4.78, 5) is 21.0. The van der Waals surface area contributed by atoms with E-state index >= 15 is 0 Å². The topological polar surface area (TPSA) is 113 Å². The Hall–Kier alpha value is -3.50. The minimum absolute atomic E-state index is 0.0726. The highest BCUT2D eigenvalue weighted by Crippen LogP contribution is 2.31. The van der Waals surface area contributed by atoms with Crippen molar-refractivity contribution in [1.82, 2.24) is 19.8 Å². The number of carbonyl (C=O) groups is 1. The van der Waals surface area contributed by atoms with Crippen LogP contribution < -0.4 is 4.74 Å². The van der Waals surface area contributed by atoms with Crippen molar-refractivity contribution in [3.8, 4) is 11.6 Å². The number of aldehydes is 1. The third kappa shape index (κ3) is 2.74. The summed E-state index contributed by atoms with van der Waals surface area (Å²) in [7, 11) is 0. The van der Waals surface area contributed by atoms with Gasteiger partial charge in [0, 0.05) is 17.7 Å². The van der Waals surface area contributed by atoms with E-state index in [0.717, 1.165) is 10.6 Å². The minimum Gasteiger partial charge on any atom is -0.430 e. The lowest BCUT2D eigenvalue weighted by Crippen LogP contribution is -2.02. The van der Waals surface area contributed by atoms with Gasteiger partial charge in [-0.2, -0.15) is 4.52 Å². The first-order valence-electron chi connectivity index (χ1n) is 6.41. The number of halogens is 2. The molecule has 9 nitrogen and oxygen atoms in total. The lowest BCUT2D eigenvalue weighted by atomic mass is 10.2. The second-order valence-electron chi connectivity index (χ2n) is 4.50. The largest absolute Gasteiger partial charge is 0.430 e. The molecule has 0 radical (unpaired) electrons. The number of alkyl halides is 2. The number of nitrogens with zero attached hydrogens (tertiary/aromatic N) is 5. The lowest BCUT2D eigenvalue weighted by Gasteiger charge is -2.06. The van der Waals surface area contributed by atoms with Crippen LogP contribution in [0.2, 0.25) is 0 Å². The highest BCUT2D eigenvalue weighted by Gasteiger charge is 2.20. The van der Waals surface area contributed by atoms with Crippen LogP contribution in [0.25, 0.3) is 5.65 Å². The van der Waals surface area contributed by atoms with Gasteiger partial charge in [-0.15, -0.1) is 15.3 Å². The summed E-state index contributed by atoms with van der Waals surface area (Å²) in [5.41, 5.74) is -0.293. The number of nitro groups is 1. The van der Waals surface area contributed by atoms with Crippen molar-refractivity contribution in [2.45, 2.75) is 6.43 Å². The Kier molecular flexibility index (Phi) is 3.82. The molecule has 11 heteroatoms. The quantitative estimate of drug-likeness (QED) is 0.400. The van der Waals surface area contributed by atoms with Gasteiger partial charge in [0.25, 0.3) is 6.43 Å². The molecule has 0 saturated heterocycles. The van der Waals surface area contributed by atoms with Crippen molar-refractivity contribution in [3.63, 3.8) is 0 Å². The number of carbonyl (C=O) groups excluding carboxylic acids is 1. The number of hydrogen-bond acceptors (Lipinski definition) is 7. The summed E-state index contributed by atoms with van der Waals surface area (Å²) < 4.78 is 31.7. The van der Waals surface area contributed by atoms with E-state index in [2.05, 4.69) is 15.3 Å². The van der Waals surface area contributed by atoms with Crippen LogP contribution in [-0.4, -0.2) is 31.0 Å². The summed E-state index contributed by atoms with van der Waals surface area (Å²) in [6.07, 6.45) is -2.45. The first-order valence-corrected chi connectivity index (χ1v) is 6.41. The van der Waals surface area contributed by atoms with E-state index in [1.807, 2.05) is 0 Å². The molecule has 1 aromatic carbocycles. The van der Waals surface area contributed by atoms with E-state index < -0.39 is 22.9 Å². The highest BCUT2D eigenvalue weighted by molar-refractivity contribution is 5.77. The first-order chi connectivity index (χ1) is 11.5. The molecule has 3 rings (SSSR count). The SMILES string of the molecule is O=Cc1ccc(Oc2ccc3nnc(C(F)F)n3n2)c([N+](=O)[O-])c1. The third-order valence-corrected chi connectivity index (χ3v) is 2.99. The molecular formula is C13H7F2N5O4. The monoisotopic (exact) mass is 335 g/mol. The van der Waals surface area contributed by atoms with E-state index in [0.29, 0.717) is 6.29 Å². The molecule has 0 aliphatic heterocycles. The molecule has 0 bridgehead atoms.